The maximum atomic E-state index is 13.1. The topological polar surface area (TPSA) is 58.5 Å². The van der Waals surface area contributed by atoms with Crippen LogP contribution < -0.4 is 10.6 Å². The molecule has 1 aromatic heterocycles. The second-order valence-electron chi connectivity index (χ2n) is 6.07. The zero-order chi connectivity index (χ0) is 19.1. The first-order valence-electron chi connectivity index (χ1n) is 8.76. The van der Waals surface area contributed by atoms with Crippen LogP contribution in [0.2, 0.25) is 0 Å². The van der Waals surface area contributed by atoms with Crippen LogP contribution >= 0.6 is 0 Å². The minimum absolute atomic E-state index is 0.203. The highest BCUT2D eigenvalue weighted by atomic mass is 19.1. The van der Waals surface area contributed by atoms with E-state index in [-0.39, 0.29) is 11.9 Å². The van der Waals surface area contributed by atoms with E-state index >= 15 is 0 Å². The molecule has 0 radical (unpaired) electrons. The lowest BCUT2D eigenvalue weighted by Gasteiger charge is -2.19. The summed E-state index contributed by atoms with van der Waals surface area (Å²) in [7, 11) is 3.36. The normalized spacial score (nSPS) is 12.8. The van der Waals surface area contributed by atoms with Gasteiger partial charge in [0.2, 0.25) is 0 Å². The highest BCUT2D eigenvalue weighted by Gasteiger charge is 2.11. The van der Waals surface area contributed by atoms with E-state index in [1.807, 2.05) is 30.5 Å². The van der Waals surface area contributed by atoms with E-state index < -0.39 is 0 Å². The first-order valence-corrected chi connectivity index (χ1v) is 8.76. The fourth-order valence-corrected chi connectivity index (χ4v) is 2.91. The molecule has 0 saturated heterocycles. The van der Waals surface area contributed by atoms with Gasteiger partial charge >= 0.3 is 0 Å². The Bertz CT molecular complexity index is 906. The van der Waals surface area contributed by atoms with E-state index in [2.05, 4.69) is 26.7 Å². The molecule has 1 atom stereocenters. The average molecular weight is 366 g/mol. The Hall–Kier alpha value is -2.99. The number of pyridine rings is 1. The second-order valence-corrected chi connectivity index (χ2v) is 6.07. The van der Waals surface area contributed by atoms with Gasteiger partial charge in [0.05, 0.1) is 11.6 Å². The number of guanidine groups is 1. The summed E-state index contributed by atoms with van der Waals surface area (Å²) >= 11 is 0. The number of nitrogens with one attached hydrogen (secondary N) is 2. The van der Waals surface area contributed by atoms with Crippen LogP contribution in [0.25, 0.3) is 10.9 Å². The Labute approximate surface area is 158 Å². The van der Waals surface area contributed by atoms with Crippen LogP contribution in [0.4, 0.5) is 4.39 Å². The predicted octanol–water partition coefficient (Wildman–Crippen LogP) is 3.43. The molecular formula is C21H23FN4O. The zero-order valence-corrected chi connectivity index (χ0v) is 15.4. The lowest BCUT2D eigenvalue weighted by molar-refractivity contribution is 0.106. The van der Waals surface area contributed by atoms with Gasteiger partial charge in [-0.25, -0.2) is 4.39 Å². The summed E-state index contributed by atoms with van der Waals surface area (Å²) in [5.41, 5.74) is 3.02. The van der Waals surface area contributed by atoms with Gasteiger partial charge in [0.1, 0.15) is 5.82 Å². The summed E-state index contributed by atoms with van der Waals surface area (Å²) in [4.78, 5) is 8.64. The van der Waals surface area contributed by atoms with Crippen LogP contribution in [0.3, 0.4) is 0 Å². The molecule has 27 heavy (non-hydrogen) atoms. The number of benzene rings is 2. The first-order chi connectivity index (χ1) is 13.2. The summed E-state index contributed by atoms with van der Waals surface area (Å²) in [6, 6.07) is 16.4. The van der Waals surface area contributed by atoms with E-state index in [0.29, 0.717) is 19.0 Å². The number of para-hydroxylation sites is 1. The summed E-state index contributed by atoms with van der Waals surface area (Å²) in [5, 5.41) is 7.68. The lowest BCUT2D eigenvalue weighted by atomic mass is 10.1. The number of aromatic nitrogens is 1. The molecule has 0 fully saturated rings. The van der Waals surface area contributed by atoms with E-state index in [1.54, 1.807) is 26.3 Å². The van der Waals surface area contributed by atoms with E-state index in [1.165, 1.54) is 12.1 Å². The van der Waals surface area contributed by atoms with Gasteiger partial charge in [0, 0.05) is 38.8 Å². The largest absolute Gasteiger partial charge is 0.375 e. The minimum atomic E-state index is -0.261. The van der Waals surface area contributed by atoms with Crippen molar-refractivity contribution in [3.8, 4) is 0 Å². The Kier molecular flexibility index (Phi) is 6.33. The predicted molar refractivity (Wildman–Crippen MR) is 106 cm³/mol. The molecule has 3 rings (SSSR count). The molecule has 1 unspecified atom stereocenters. The molecule has 0 amide bonds. The van der Waals surface area contributed by atoms with Crippen molar-refractivity contribution in [2.24, 2.45) is 4.99 Å². The first kappa shape index (κ1) is 18.8. The quantitative estimate of drug-likeness (QED) is 0.518. The molecule has 6 heteroatoms. The molecule has 0 aliphatic carbocycles. The number of ether oxygens (including phenoxy) is 1. The number of halogens is 1. The minimum Gasteiger partial charge on any atom is -0.375 e. The Balaban J connectivity index is 1.61. The summed E-state index contributed by atoms with van der Waals surface area (Å²) in [6.07, 6.45) is 1.61. The van der Waals surface area contributed by atoms with Crippen LogP contribution in [0.5, 0.6) is 0 Å². The third-order valence-corrected chi connectivity index (χ3v) is 4.39. The molecule has 2 N–H and O–H groups in total. The zero-order valence-electron chi connectivity index (χ0n) is 15.4. The fourth-order valence-electron chi connectivity index (χ4n) is 2.91. The third-order valence-electron chi connectivity index (χ3n) is 4.39. The van der Waals surface area contributed by atoms with Crippen molar-refractivity contribution in [1.29, 1.82) is 0 Å². The molecule has 0 spiro atoms. The Morgan fingerprint density at radius 1 is 1.11 bits per heavy atom. The van der Waals surface area contributed by atoms with Gasteiger partial charge in [-0.1, -0.05) is 30.3 Å². The van der Waals surface area contributed by atoms with Crippen molar-refractivity contribution in [2.45, 2.75) is 12.6 Å². The molecule has 2 aromatic carbocycles. The molecule has 5 nitrogen and oxygen atoms in total. The number of methoxy groups -OCH3 is 1. The van der Waals surface area contributed by atoms with Gasteiger partial charge in [-0.2, -0.15) is 0 Å². The molecule has 0 aliphatic rings. The molecule has 0 bridgehead atoms. The molecule has 0 saturated carbocycles. The number of nitrogens with zero attached hydrogens (tertiary/aromatic N) is 2. The van der Waals surface area contributed by atoms with Crippen LogP contribution in [0.15, 0.2) is 65.8 Å². The summed E-state index contributed by atoms with van der Waals surface area (Å²) < 4.78 is 18.6. The van der Waals surface area contributed by atoms with Crippen molar-refractivity contribution >= 4 is 16.9 Å². The summed E-state index contributed by atoms with van der Waals surface area (Å²) in [6.45, 7) is 1.13. The number of fused-ring (bicyclic) bond motifs is 1. The van der Waals surface area contributed by atoms with Crippen molar-refractivity contribution in [2.75, 3.05) is 20.7 Å². The average Bonchev–Trinajstić information content (AvgIpc) is 2.71. The van der Waals surface area contributed by atoms with Crippen LogP contribution in [-0.2, 0) is 11.3 Å². The van der Waals surface area contributed by atoms with Crippen LogP contribution in [0, 0.1) is 5.82 Å². The lowest BCUT2D eigenvalue weighted by Crippen LogP contribution is -2.39. The highest BCUT2D eigenvalue weighted by molar-refractivity contribution is 5.83. The number of aliphatic imine (C=N–C) groups is 1. The van der Waals surface area contributed by atoms with Gasteiger partial charge in [-0.3, -0.25) is 9.98 Å². The third kappa shape index (κ3) is 4.80. The Morgan fingerprint density at radius 3 is 2.63 bits per heavy atom. The summed E-state index contributed by atoms with van der Waals surface area (Å²) in [5.74, 6) is 0.406. The monoisotopic (exact) mass is 366 g/mol. The standard InChI is InChI=1S/C21H23FN4O/c1-23-21(26-14-20(27-2)15-7-9-17(22)10-8-15)25-13-16-11-12-24-19-6-4-3-5-18(16)19/h3-12,20H,13-14H2,1-2H3,(H2,23,25,26). The van der Waals surface area contributed by atoms with E-state index in [9.17, 15) is 4.39 Å². The van der Waals surface area contributed by atoms with Crippen LogP contribution in [-0.4, -0.2) is 31.6 Å². The maximum absolute atomic E-state index is 13.1. The van der Waals surface area contributed by atoms with Crippen molar-refractivity contribution in [3.05, 3.63) is 77.7 Å². The number of hydrogen-bond acceptors (Lipinski definition) is 3. The molecule has 1 heterocycles. The van der Waals surface area contributed by atoms with E-state index in [0.717, 1.165) is 22.0 Å². The Morgan fingerprint density at radius 2 is 1.89 bits per heavy atom. The van der Waals surface area contributed by atoms with Gasteiger partial charge in [0.15, 0.2) is 5.96 Å². The van der Waals surface area contributed by atoms with Crippen molar-refractivity contribution in [3.63, 3.8) is 0 Å². The van der Waals surface area contributed by atoms with Gasteiger partial charge in [0.25, 0.3) is 0 Å². The SMILES string of the molecule is CN=C(NCc1ccnc2ccccc12)NCC(OC)c1ccc(F)cc1. The molecular weight excluding hydrogens is 343 g/mol. The van der Waals surface area contributed by atoms with Crippen LogP contribution in [0.1, 0.15) is 17.2 Å². The molecule has 0 aliphatic heterocycles. The van der Waals surface area contributed by atoms with E-state index in [4.69, 9.17) is 4.74 Å². The van der Waals surface area contributed by atoms with Crippen molar-refractivity contribution in [1.82, 2.24) is 15.6 Å². The second kappa shape index (κ2) is 9.09. The van der Waals surface area contributed by atoms with Crippen molar-refractivity contribution < 1.29 is 9.13 Å². The highest BCUT2D eigenvalue weighted by Crippen LogP contribution is 2.17. The van der Waals surface area contributed by atoms with Gasteiger partial charge in [-0.15, -0.1) is 0 Å². The number of rotatable bonds is 6. The van der Waals surface area contributed by atoms with Gasteiger partial charge < -0.3 is 15.4 Å². The fraction of sp³-hybridized carbons (Fsp3) is 0.238. The smallest absolute Gasteiger partial charge is 0.191 e. The number of hydrogen-bond donors (Lipinski definition) is 2. The maximum Gasteiger partial charge on any atom is 0.191 e. The molecule has 140 valence electrons. The molecule has 3 aromatic rings. The van der Waals surface area contributed by atoms with Gasteiger partial charge in [-0.05, 0) is 35.4 Å².